The molecule has 1 saturated heterocycles. The Labute approximate surface area is 206 Å². The van der Waals surface area contributed by atoms with Gasteiger partial charge < -0.3 is 19.7 Å². The number of pyridine rings is 1. The van der Waals surface area contributed by atoms with Crippen molar-refractivity contribution in [3.05, 3.63) is 100 Å². The molecule has 0 amide bonds. The van der Waals surface area contributed by atoms with E-state index in [1.807, 2.05) is 10.6 Å². The maximum atomic E-state index is 13.1. The molecule has 1 atom stereocenters. The zero-order valence-corrected chi connectivity index (χ0v) is 20.3. The third kappa shape index (κ3) is 4.44. The lowest BCUT2D eigenvalue weighted by atomic mass is 9.88. The molecule has 0 bridgehead atoms. The molecule has 2 aliphatic rings. The van der Waals surface area contributed by atoms with Crippen LogP contribution in [-0.4, -0.2) is 42.7 Å². The molecule has 0 spiro atoms. The van der Waals surface area contributed by atoms with Gasteiger partial charge in [0.15, 0.2) is 0 Å². The highest BCUT2D eigenvalue weighted by molar-refractivity contribution is 5.84. The minimum absolute atomic E-state index is 0.0792. The molecule has 5 heteroatoms. The lowest BCUT2D eigenvalue weighted by Gasteiger charge is -2.34. The van der Waals surface area contributed by atoms with Crippen molar-refractivity contribution in [3.63, 3.8) is 0 Å². The second-order valence-corrected chi connectivity index (χ2v) is 9.94. The lowest BCUT2D eigenvalue weighted by molar-refractivity contribution is 0.313. The molecule has 35 heavy (non-hydrogen) atoms. The van der Waals surface area contributed by atoms with Crippen LogP contribution < -0.4 is 15.8 Å². The second-order valence-electron chi connectivity index (χ2n) is 9.94. The molecule has 1 aliphatic heterocycles. The summed E-state index contributed by atoms with van der Waals surface area (Å²) in [6.07, 6.45) is 2.91. The Morgan fingerprint density at radius 3 is 2.31 bits per heavy atom. The van der Waals surface area contributed by atoms with E-state index in [0.717, 1.165) is 67.7 Å². The van der Waals surface area contributed by atoms with Gasteiger partial charge in [0.05, 0.1) is 5.52 Å². The van der Waals surface area contributed by atoms with E-state index in [9.17, 15) is 4.79 Å². The number of aryl methyl sites for hydroxylation is 1. The lowest BCUT2D eigenvalue weighted by Crippen LogP contribution is -2.44. The number of likely N-dealkylation sites (N-methyl/N-ethyl adjacent to an activating group) is 1. The first-order valence-corrected chi connectivity index (χ1v) is 12.7. The Bertz CT molecular complexity index is 1400. The first-order chi connectivity index (χ1) is 17.1. The van der Waals surface area contributed by atoms with Crippen molar-refractivity contribution in [2.75, 3.05) is 43.4 Å². The van der Waals surface area contributed by atoms with Crippen LogP contribution in [-0.2, 0) is 12.8 Å². The number of aromatic nitrogens is 1. The van der Waals surface area contributed by atoms with E-state index >= 15 is 0 Å². The number of fused-ring (bicyclic) bond motifs is 2. The van der Waals surface area contributed by atoms with Gasteiger partial charge >= 0.3 is 0 Å². The standard InChI is InChI=1S/C30H32N4O/c1-32-16-18-33(19-17-32)27-13-10-25(11-14-27)31-26-9-6-23-8-15-30(35)34(29(23)21-26)28-12-7-22-4-2-3-5-24(22)20-28/h2-6,8-11,13-15,21,28,31H,7,12,16-20H2,1H3. The molecule has 6 rings (SSSR count). The summed E-state index contributed by atoms with van der Waals surface area (Å²) in [6.45, 7) is 4.34. The fourth-order valence-corrected chi connectivity index (χ4v) is 5.59. The topological polar surface area (TPSA) is 40.5 Å². The van der Waals surface area contributed by atoms with E-state index in [-0.39, 0.29) is 11.6 Å². The molecule has 0 radical (unpaired) electrons. The molecule has 1 fully saturated rings. The number of hydrogen-bond acceptors (Lipinski definition) is 4. The van der Waals surface area contributed by atoms with Gasteiger partial charge in [-0.15, -0.1) is 0 Å². The maximum Gasteiger partial charge on any atom is 0.251 e. The second kappa shape index (κ2) is 9.23. The summed E-state index contributed by atoms with van der Waals surface area (Å²) in [5, 5.41) is 4.65. The maximum absolute atomic E-state index is 13.1. The fourth-order valence-electron chi connectivity index (χ4n) is 5.59. The monoisotopic (exact) mass is 464 g/mol. The highest BCUT2D eigenvalue weighted by Gasteiger charge is 2.22. The van der Waals surface area contributed by atoms with Gasteiger partial charge in [0.2, 0.25) is 0 Å². The Balaban J connectivity index is 1.26. The number of benzene rings is 3. The Morgan fingerprint density at radius 1 is 0.800 bits per heavy atom. The summed E-state index contributed by atoms with van der Waals surface area (Å²) in [6, 6.07) is 27.5. The van der Waals surface area contributed by atoms with Crippen molar-refractivity contribution < 1.29 is 0 Å². The van der Waals surface area contributed by atoms with Crippen molar-refractivity contribution in [1.82, 2.24) is 9.47 Å². The van der Waals surface area contributed by atoms with Crippen molar-refractivity contribution >= 4 is 28.0 Å². The predicted molar refractivity (Wildman–Crippen MR) is 145 cm³/mol. The molecule has 0 saturated carbocycles. The van der Waals surface area contributed by atoms with Crippen LogP contribution in [0.3, 0.4) is 0 Å². The Kier molecular flexibility index (Phi) is 5.78. The molecule has 5 nitrogen and oxygen atoms in total. The van der Waals surface area contributed by atoms with Crippen molar-refractivity contribution in [2.24, 2.45) is 0 Å². The summed E-state index contributed by atoms with van der Waals surface area (Å²) < 4.78 is 2.02. The quantitative estimate of drug-likeness (QED) is 0.449. The van der Waals surface area contributed by atoms with E-state index in [1.54, 1.807) is 6.07 Å². The van der Waals surface area contributed by atoms with E-state index < -0.39 is 0 Å². The number of anilines is 3. The molecule has 3 aromatic carbocycles. The van der Waals surface area contributed by atoms with Crippen LogP contribution in [0.25, 0.3) is 10.9 Å². The molecule has 1 aromatic heterocycles. The zero-order valence-electron chi connectivity index (χ0n) is 20.3. The number of nitrogens with zero attached hydrogens (tertiary/aromatic N) is 3. The molecule has 1 N–H and O–H groups in total. The van der Waals surface area contributed by atoms with Crippen LogP contribution >= 0.6 is 0 Å². The first-order valence-electron chi connectivity index (χ1n) is 12.7. The molecular weight excluding hydrogens is 432 g/mol. The molecular formula is C30H32N4O. The average Bonchev–Trinajstić information content (AvgIpc) is 2.89. The zero-order chi connectivity index (χ0) is 23.8. The number of nitrogens with one attached hydrogen (secondary N) is 1. The van der Waals surface area contributed by atoms with E-state index in [0.29, 0.717) is 0 Å². The molecule has 178 valence electrons. The van der Waals surface area contributed by atoms with Crippen molar-refractivity contribution in [3.8, 4) is 0 Å². The predicted octanol–water partition coefficient (Wildman–Crippen LogP) is 5.23. The van der Waals surface area contributed by atoms with Gasteiger partial charge in [-0.2, -0.15) is 0 Å². The van der Waals surface area contributed by atoms with Gasteiger partial charge in [-0.05, 0) is 85.3 Å². The van der Waals surface area contributed by atoms with Crippen LogP contribution in [0, 0.1) is 0 Å². The smallest absolute Gasteiger partial charge is 0.251 e. The van der Waals surface area contributed by atoms with Crippen LogP contribution in [0.15, 0.2) is 83.7 Å². The van der Waals surface area contributed by atoms with Crippen LogP contribution in [0.1, 0.15) is 23.6 Å². The summed E-state index contributed by atoms with van der Waals surface area (Å²) in [5.74, 6) is 0. The number of piperazine rings is 1. The minimum atomic E-state index is 0.0792. The molecule has 1 aliphatic carbocycles. The third-order valence-corrected chi connectivity index (χ3v) is 7.64. The van der Waals surface area contributed by atoms with Crippen molar-refractivity contribution in [1.29, 1.82) is 0 Å². The largest absolute Gasteiger partial charge is 0.369 e. The van der Waals surface area contributed by atoms with Gasteiger partial charge in [0.1, 0.15) is 0 Å². The number of hydrogen-bond donors (Lipinski definition) is 1. The summed E-state index contributed by atoms with van der Waals surface area (Å²) >= 11 is 0. The molecule has 4 aromatic rings. The van der Waals surface area contributed by atoms with E-state index in [4.69, 9.17) is 0 Å². The fraction of sp³-hybridized carbons (Fsp3) is 0.300. The summed E-state index contributed by atoms with van der Waals surface area (Å²) in [5.41, 5.74) is 7.19. The minimum Gasteiger partial charge on any atom is -0.369 e. The molecule has 1 unspecified atom stereocenters. The van der Waals surface area contributed by atoms with Crippen LogP contribution in [0.4, 0.5) is 17.1 Å². The average molecular weight is 465 g/mol. The van der Waals surface area contributed by atoms with Gasteiger partial charge in [0.25, 0.3) is 5.56 Å². The van der Waals surface area contributed by atoms with Crippen LogP contribution in [0.5, 0.6) is 0 Å². The Hall–Kier alpha value is -3.57. The normalized spacial score (nSPS) is 18.4. The van der Waals surface area contributed by atoms with E-state index in [1.165, 1.54) is 16.8 Å². The SMILES string of the molecule is CN1CCN(c2ccc(Nc3ccc4ccc(=O)n(C5CCc6ccccc6C5)c4c3)cc2)CC1. The molecule has 2 heterocycles. The van der Waals surface area contributed by atoms with E-state index in [2.05, 4.69) is 88.9 Å². The highest BCUT2D eigenvalue weighted by Crippen LogP contribution is 2.31. The first kappa shape index (κ1) is 21.9. The summed E-state index contributed by atoms with van der Waals surface area (Å²) in [4.78, 5) is 17.9. The highest BCUT2D eigenvalue weighted by atomic mass is 16.1. The van der Waals surface area contributed by atoms with Gasteiger partial charge in [-0.25, -0.2) is 0 Å². The number of rotatable bonds is 4. The summed E-state index contributed by atoms with van der Waals surface area (Å²) in [7, 11) is 2.18. The third-order valence-electron chi connectivity index (χ3n) is 7.64. The van der Waals surface area contributed by atoms with Gasteiger partial charge in [-0.1, -0.05) is 30.3 Å². The van der Waals surface area contributed by atoms with Gasteiger partial charge in [0, 0.05) is 55.3 Å². The van der Waals surface area contributed by atoms with Crippen LogP contribution in [0.2, 0.25) is 0 Å². The van der Waals surface area contributed by atoms with Gasteiger partial charge in [-0.3, -0.25) is 4.79 Å². The Morgan fingerprint density at radius 2 is 1.51 bits per heavy atom. The van der Waals surface area contributed by atoms with Crippen molar-refractivity contribution in [2.45, 2.75) is 25.3 Å².